The quantitative estimate of drug-likeness (QED) is 0.788. The van der Waals surface area contributed by atoms with Crippen LogP contribution in [0.5, 0.6) is 11.5 Å². The Morgan fingerprint density at radius 2 is 1.46 bits per heavy atom. The Kier molecular flexibility index (Phi) is 6.89. The van der Waals surface area contributed by atoms with Crippen LogP contribution in [0, 0.1) is 0 Å². The maximum atomic E-state index is 5.62. The third-order valence-corrected chi connectivity index (χ3v) is 4.61. The van der Waals surface area contributed by atoms with Crippen molar-refractivity contribution >= 4 is 0 Å². The number of rotatable bonds is 8. The smallest absolute Gasteiger partial charge is 0.118 e. The molecule has 1 unspecified atom stereocenters. The Labute approximate surface area is 155 Å². The number of morpholine rings is 1. The van der Waals surface area contributed by atoms with Crippen molar-refractivity contribution in [1.82, 2.24) is 10.2 Å². The van der Waals surface area contributed by atoms with Gasteiger partial charge >= 0.3 is 0 Å². The molecule has 0 bridgehead atoms. The Hall–Kier alpha value is -2.08. The summed E-state index contributed by atoms with van der Waals surface area (Å²) in [4.78, 5) is 2.45. The highest BCUT2D eigenvalue weighted by Crippen LogP contribution is 2.17. The molecule has 3 rings (SSSR count). The van der Waals surface area contributed by atoms with E-state index < -0.39 is 0 Å². The Balaban J connectivity index is 1.68. The lowest BCUT2D eigenvalue weighted by atomic mass is 10.1. The van der Waals surface area contributed by atoms with Crippen LogP contribution >= 0.6 is 0 Å². The second-order valence-corrected chi connectivity index (χ2v) is 6.59. The van der Waals surface area contributed by atoms with E-state index in [1.807, 2.05) is 24.3 Å². The first-order chi connectivity index (χ1) is 12.8. The lowest BCUT2D eigenvalue weighted by molar-refractivity contribution is 0.0593. The lowest BCUT2D eigenvalue weighted by Gasteiger charge is -2.30. The molecular formula is C21H28N2O3. The molecule has 140 valence electrons. The van der Waals surface area contributed by atoms with Crippen molar-refractivity contribution in [3.8, 4) is 11.5 Å². The van der Waals surface area contributed by atoms with Crippen LogP contribution in [0.1, 0.15) is 11.1 Å². The van der Waals surface area contributed by atoms with E-state index in [1.165, 1.54) is 11.1 Å². The zero-order valence-electron chi connectivity index (χ0n) is 15.6. The van der Waals surface area contributed by atoms with Crippen molar-refractivity contribution in [1.29, 1.82) is 0 Å². The molecule has 0 aliphatic carbocycles. The largest absolute Gasteiger partial charge is 0.497 e. The Morgan fingerprint density at radius 3 is 1.88 bits per heavy atom. The van der Waals surface area contributed by atoms with Gasteiger partial charge in [-0.05, 0) is 35.4 Å². The molecule has 5 nitrogen and oxygen atoms in total. The molecule has 1 atom stereocenters. The van der Waals surface area contributed by atoms with Crippen LogP contribution in [0.2, 0.25) is 0 Å². The molecule has 1 aliphatic rings. The zero-order valence-corrected chi connectivity index (χ0v) is 15.6. The van der Waals surface area contributed by atoms with E-state index in [4.69, 9.17) is 14.2 Å². The molecular weight excluding hydrogens is 328 g/mol. The van der Waals surface area contributed by atoms with Gasteiger partial charge in [0.25, 0.3) is 0 Å². The number of hydrogen-bond donors (Lipinski definition) is 1. The first kappa shape index (κ1) is 18.7. The second kappa shape index (κ2) is 9.57. The number of benzene rings is 2. The predicted octanol–water partition coefficient (Wildman–Crippen LogP) is 2.69. The summed E-state index contributed by atoms with van der Waals surface area (Å²) in [6.45, 7) is 5.19. The van der Waals surface area contributed by atoms with Gasteiger partial charge in [-0.2, -0.15) is 0 Å². The van der Waals surface area contributed by atoms with Gasteiger partial charge in [-0.15, -0.1) is 0 Å². The summed E-state index contributed by atoms with van der Waals surface area (Å²) in [5.74, 6) is 1.77. The number of nitrogens with zero attached hydrogens (tertiary/aromatic N) is 1. The van der Waals surface area contributed by atoms with E-state index in [0.29, 0.717) is 6.04 Å². The molecule has 0 spiro atoms. The fraction of sp³-hybridized carbons (Fsp3) is 0.429. The molecule has 1 aliphatic heterocycles. The van der Waals surface area contributed by atoms with Gasteiger partial charge in [0.2, 0.25) is 0 Å². The molecule has 0 radical (unpaired) electrons. The summed E-state index contributed by atoms with van der Waals surface area (Å²) in [6.07, 6.45) is 0. The lowest BCUT2D eigenvalue weighted by Crippen LogP contribution is -2.48. The highest BCUT2D eigenvalue weighted by molar-refractivity contribution is 5.28. The molecule has 1 heterocycles. The minimum atomic E-state index is 0.361. The fourth-order valence-electron chi connectivity index (χ4n) is 3.21. The first-order valence-electron chi connectivity index (χ1n) is 9.06. The highest BCUT2D eigenvalue weighted by Gasteiger charge is 2.18. The SMILES string of the molecule is COc1ccc(CN(Cc2ccc(OC)cc2)CC2COCCN2)cc1. The van der Waals surface area contributed by atoms with Crippen molar-refractivity contribution in [3.05, 3.63) is 59.7 Å². The molecule has 2 aromatic rings. The summed E-state index contributed by atoms with van der Waals surface area (Å²) in [5.41, 5.74) is 2.55. The van der Waals surface area contributed by atoms with E-state index in [-0.39, 0.29) is 0 Å². The molecule has 0 aromatic heterocycles. The second-order valence-electron chi connectivity index (χ2n) is 6.59. The van der Waals surface area contributed by atoms with Gasteiger partial charge in [-0.25, -0.2) is 0 Å². The van der Waals surface area contributed by atoms with E-state index >= 15 is 0 Å². The number of ether oxygens (including phenoxy) is 3. The topological polar surface area (TPSA) is 43.0 Å². The van der Waals surface area contributed by atoms with Crippen molar-refractivity contribution in [2.75, 3.05) is 40.5 Å². The third-order valence-electron chi connectivity index (χ3n) is 4.61. The molecule has 0 saturated carbocycles. The summed E-state index contributed by atoms with van der Waals surface area (Å²) >= 11 is 0. The molecule has 26 heavy (non-hydrogen) atoms. The molecule has 1 N–H and O–H groups in total. The van der Waals surface area contributed by atoms with E-state index in [0.717, 1.165) is 50.9 Å². The Morgan fingerprint density at radius 1 is 0.923 bits per heavy atom. The molecule has 2 aromatic carbocycles. The molecule has 0 amide bonds. The van der Waals surface area contributed by atoms with Crippen LogP contribution in [0.4, 0.5) is 0 Å². The van der Waals surface area contributed by atoms with Crippen molar-refractivity contribution in [3.63, 3.8) is 0 Å². The van der Waals surface area contributed by atoms with Crippen LogP contribution in [-0.2, 0) is 17.8 Å². The van der Waals surface area contributed by atoms with Gasteiger partial charge in [-0.3, -0.25) is 4.90 Å². The number of hydrogen-bond acceptors (Lipinski definition) is 5. The minimum absolute atomic E-state index is 0.361. The van der Waals surface area contributed by atoms with Crippen LogP contribution in [-0.4, -0.2) is 51.5 Å². The minimum Gasteiger partial charge on any atom is -0.497 e. The first-order valence-corrected chi connectivity index (χ1v) is 9.06. The highest BCUT2D eigenvalue weighted by atomic mass is 16.5. The van der Waals surface area contributed by atoms with Gasteiger partial charge in [-0.1, -0.05) is 24.3 Å². The fourth-order valence-corrected chi connectivity index (χ4v) is 3.21. The van der Waals surface area contributed by atoms with Crippen molar-refractivity contribution < 1.29 is 14.2 Å². The summed E-state index contributed by atoms with van der Waals surface area (Å²) in [5, 5.41) is 3.55. The predicted molar refractivity (Wildman–Crippen MR) is 103 cm³/mol. The maximum absolute atomic E-state index is 5.62. The summed E-state index contributed by atoms with van der Waals surface area (Å²) in [7, 11) is 3.39. The van der Waals surface area contributed by atoms with Crippen LogP contribution in [0.3, 0.4) is 0 Å². The van der Waals surface area contributed by atoms with Crippen molar-refractivity contribution in [2.24, 2.45) is 0 Å². The third kappa shape index (κ3) is 5.46. The molecule has 5 heteroatoms. The van der Waals surface area contributed by atoms with Crippen LogP contribution in [0.15, 0.2) is 48.5 Å². The van der Waals surface area contributed by atoms with Crippen molar-refractivity contribution in [2.45, 2.75) is 19.1 Å². The molecule has 1 fully saturated rings. The monoisotopic (exact) mass is 356 g/mol. The molecule has 1 saturated heterocycles. The maximum Gasteiger partial charge on any atom is 0.118 e. The van der Waals surface area contributed by atoms with E-state index in [2.05, 4.69) is 34.5 Å². The van der Waals surface area contributed by atoms with Crippen LogP contribution < -0.4 is 14.8 Å². The summed E-state index contributed by atoms with van der Waals surface area (Å²) in [6, 6.07) is 16.9. The standard InChI is InChI=1S/C21H28N2O3/c1-24-20-7-3-17(4-8-20)13-23(15-19-16-26-12-11-22-19)14-18-5-9-21(25-2)10-6-18/h3-10,19,22H,11-16H2,1-2H3. The number of methoxy groups -OCH3 is 2. The zero-order chi connectivity index (χ0) is 18.2. The van der Waals surface area contributed by atoms with Crippen LogP contribution in [0.25, 0.3) is 0 Å². The van der Waals surface area contributed by atoms with Gasteiger partial charge in [0.05, 0.1) is 27.4 Å². The van der Waals surface area contributed by atoms with E-state index in [1.54, 1.807) is 14.2 Å². The summed E-state index contributed by atoms with van der Waals surface area (Å²) < 4.78 is 16.1. The average Bonchev–Trinajstić information content (AvgIpc) is 2.70. The average molecular weight is 356 g/mol. The Bertz CT molecular complexity index is 602. The number of nitrogens with one attached hydrogen (secondary N) is 1. The van der Waals surface area contributed by atoms with Gasteiger partial charge < -0.3 is 19.5 Å². The van der Waals surface area contributed by atoms with Gasteiger partial charge in [0.15, 0.2) is 0 Å². The van der Waals surface area contributed by atoms with Gasteiger partial charge in [0.1, 0.15) is 11.5 Å². The normalized spacial score (nSPS) is 17.3. The van der Waals surface area contributed by atoms with Gasteiger partial charge in [0, 0.05) is 32.2 Å². The van der Waals surface area contributed by atoms with E-state index in [9.17, 15) is 0 Å².